The van der Waals surface area contributed by atoms with Crippen molar-refractivity contribution in [2.75, 3.05) is 0 Å². The van der Waals surface area contributed by atoms with Crippen LogP contribution in [0.15, 0.2) is 0 Å². The van der Waals surface area contributed by atoms with E-state index in [1.807, 2.05) is 0 Å². The van der Waals surface area contributed by atoms with E-state index in [0.717, 1.165) is 41.4 Å². The largest absolute Gasteiger partial charge is 0.389 e. The van der Waals surface area contributed by atoms with Gasteiger partial charge >= 0.3 is 0 Å². The Bertz CT molecular complexity index is 252. The van der Waals surface area contributed by atoms with Crippen LogP contribution in [0.1, 0.15) is 19.3 Å². The molecule has 0 amide bonds. The van der Waals surface area contributed by atoms with Crippen molar-refractivity contribution in [3.05, 3.63) is 0 Å². The van der Waals surface area contributed by atoms with Gasteiger partial charge in [0.25, 0.3) is 0 Å². The van der Waals surface area contributed by atoms with Crippen LogP contribution in [0.2, 0.25) is 0 Å². The van der Waals surface area contributed by atoms with E-state index < -0.39 is 0 Å². The second kappa shape index (κ2) is 1.21. The van der Waals surface area contributed by atoms with Crippen molar-refractivity contribution in [1.82, 2.24) is 0 Å². The zero-order chi connectivity index (χ0) is 7.66. The third kappa shape index (κ3) is 0.348. The molecule has 0 radical (unpaired) electrons. The SMILES string of the molecule is OC12C3CC3C(C3CC31)C1CC12. The average molecular weight is 162 g/mol. The molecule has 6 atom stereocenters. The predicted molar refractivity (Wildman–Crippen MR) is 43.2 cm³/mol. The summed E-state index contributed by atoms with van der Waals surface area (Å²) in [5.74, 6) is 6.38. The van der Waals surface area contributed by atoms with Crippen molar-refractivity contribution < 1.29 is 5.11 Å². The van der Waals surface area contributed by atoms with Gasteiger partial charge in [-0.1, -0.05) is 0 Å². The smallest absolute Gasteiger partial charge is 0.0740 e. The van der Waals surface area contributed by atoms with E-state index in [2.05, 4.69) is 0 Å². The quantitative estimate of drug-likeness (QED) is 0.568. The molecule has 6 rings (SSSR count). The van der Waals surface area contributed by atoms with Crippen LogP contribution < -0.4 is 0 Å². The summed E-state index contributed by atoms with van der Waals surface area (Å²) in [5, 5.41) is 10.6. The Hall–Kier alpha value is -0.0400. The Labute approximate surface area is 72.2 Å². The molecule has 1 heteroatoms. The standard InChI is InChI=1S/C11H14O/c12-11-7-1-4(7)10(5-2-8(5)11)6-3-9(6)11/h4-10,12H,1-3H2. The van der Waals surface area contributed by atoms with Crippen LogP contribution in [0.25, 0.3) is 0 Å². The molecule has 1 N–H and O–H groups in total. The van der Waals surface area contributed by atoms with Crippen molar-refractivity contribution in [2.45, 2.75) is 24.9 Å². The highest BCUT2D eigenvalue weighted by molar-refractivity contribution is 5.32. The molecular weight excluding hydrogens is 148 g/mol. The lowest BCUT2D eigenvalue weighted by atomic mass is 9.68. The lowest BCUT2D eigenvalue weighted by Gasteiger charge is -2.41. The van der Waals surface area contributed by atoms with Crippen LogP contribution in [0.4, 0.5) is 0 Å². The average Bonchev–Trinajstić information content (AvgIpc) is 2.90. The predicted octanol–water partition coefficient (Wildman–Crippen LogP) is 1.27. The van der Waals surface area contributed by atoms with Gasteiger partial charge in [0.1, 0.15) is 0 Å². The zero-order valence-electron chi connectivity index (χ0n) is 7.11. The van der Waals surface area contributed by atoms with E-state index in [1.54, 1.807) is 0 Å². The Morgan fingerprint density at radius 3 is 1.67 bits per heavy atom. The van der Waals surface area contributed by atoms with Crippen molar-refractivity contribution in [3.63, 3.8) is 0 Å². The molecular formula is C11H14O. The van der Waals surface area contributed by atoms with E-state index >= 15 is 0 Å². The first-order valence-electron chi connectivity index (χ1n) is 5.54. The maximum Gasteiger partial charge on any atom is 0.0740 e. The highest BCUT2D eigenvalue weighted by Gasteiger charge is 2.83. The van der Waals surface area contributed by atoms with Gasteiger partial charge in [0, 0.05) is 0 Å². The van der Waals surface area contributed by atoms with Gasteiger partial charge in [-0.2, -0.15) is 0 Å². The molecule has 0 aliphatic heterocycles. The molecule has 6 fully saturated rings. The zero-order valence-corrected chi connectivity index (χ0v) is 7.11. The summed E-state index contributed by atoms with van der Waals surface area (Å²) in [6, 6.07) is 0. The van der Waals surface area contributed by atoms with E-state index in [4.69, 9.17) is 0 Å². The molecule has 0 aromatic carbocycles. The van der Waals surface area contributed by atoms with E-state index in [0.29, 0.717) is 0 Å². The molecule has 1 nitrogen and oxygen atoms in total. The van der Waals surface area contributed by atoms with Gasteiger partial charge in [0.05, 0.1) is 5.60 Å². The summed E-state index contributed by atoms with van der Waals surface area (Å²) in [4.78, 5) is 0. The molecule has 6 aliphatic carbocycles. The van der Waals surface area contributed by atoms with E-state index in [9.17, 15) is 5.11 Å². The molecule has 6 aliphatic rings. The summed E-state index contributed by atoms with van der Waals surface area (Å²) in [5.41, 5.74) is -0.116. The molecule has 0 aromatic heterocycles. The van der Waals surface area contributed by atoms with Crippen LogP contribution in [-0.2, 0) is 0 Å². The number of hydrogen-bond acceptors (Lipinski definition) is 1. The molecule has 6 unspecified atom stereocenters. The minimum atomic E-state index is -0.116. The summed E-state index contributed by atoms with van der Waals surface area (Å²) in [6.07, 6.45) is 4.17. The third-order valence-electron chi connectivity index (χ3n) is 5.78. The van der Waals surface area contributed by atoms with E-state index in [-0.39, 0.29) is 5.60 Å². The Kier molecular flexibility index (Phi) is 0.569. The Balaban J connectivity index is 1.80. The van der Waals surface area contributed by atoms with Gasteiger partial charge in [0.2, 0.25) is 0 Å². The number of aliphatic hydroxyl groups is 1. The lowest BCUT2D eigenvalue weighted by Crippen LogP contribution is -2.47. The molecule has 0 saturated heterocycles. The fourth-order valence-corrected chi connectivity index (χ4v) is 5.29. The summed E-state index contributed by atoms with van der Waals surface area (Å²) >= 11 is 0. The molecule has 0 aromatic rings. The van der Waals surface area contributed by atoms with Crippen molar-refractivity contribution in [3.8, 4) is 0 Å². The van der Waals surface area contributed by atoms with Crippen LogP contribution >= 0.6 is 0 Å². The van der Waals surface area contributed by atoms with Crippen molar-refractivity contribution in [2.24, 2.45) is 41.4 Å². The normalized spacial score (nSPS) is 85.2. The third-order valence-corrected chi connectivity index (χ3v) is 5.78. The maximum atomic E-state index is 10.6. The van der Waals surface area contributed by atoms with Gasteiger partial charge < -0.3 is 5.11 Å². The van der Waals surface area contributed by atoms with Crippen molar-refractivity contribution >= 4 is 0 Å². The summed E-state index contributed by atoms with van der Waals surface area (Å²) in [6.45, 7) is 0. The topological polar surface area (TPSA) is 20.2 Å². The van der Waals surface area contributed by atoms with E-state index in [1.165, 1.54) is 19.3 Å². The fraction of sp³-hybridized carbons (Fsp3) is 1.00. The van der Waals surface area contributed by atoms with Gasteiger partial charge in [-0.15, -0.1) is 0 Å². The number of hydrogen-bond donors (Lipinski definition) is 1. The van der Waals surface area contributed by atoms with Gasteiger partial charge in [0.15, 0.2) is 0 Å². The minimum Gasteiger partial charge on any atom is -0.389 e. The molecule has 2 bridgehead atoms. The summed E-state index contributed by atoms with van der Waals surface area (Å²) in [7, 11) is 0. The lowest BCUT2D eigenvalue weighted by molar-refractivity contribution is -0.0882. The van der Waals surface area contributed by atoms with Gasteiger partial charge in [-0.3, -0.25) is 0 Å². The first kappa shape index (κ1) is 5.64. The fourth-order valence-electron chi connectivity index (χ4n) is 5.29. The second-order valence-electron chi connectivity index (χ2n) is 5.98. The first-order valence-corrected chi connectivity index (χ1v) is 5.54. The maximum absolute atomic E-state index is 10.6. The van der Waals surface area contributed by atoms with Crippen LogP contribution in [0, 0.1) is 41.4 Å². The Morgan fingerprint density at radius 1 is 0.833 bits per heavy atom. The molecule has 0 heterocycles. The highest BCUT2D eigenvalue weighted by Crippen LogP contribution is 2.84. The summed E-state index contributed by atoms with van der Waals surface area (Å²) < 4.78 is 0. The molecule has 0 spiro atoms. The van der Waals surface area contributed by atoms with Crippen LogP contribution in [0.3, 0.4) is 0 Å². The van der Waals surface area contributed by atoms with Crippen LogP contribution in [-0.4, -0.2) is 10.7 Å². The minimum absolute atomic E-state index is 0.116. The molecule has 64 valence electrons. The van der Waals surface area contributed by atoms with Crippen LogP contribution in [0.5, 0.6) is 0 Å². The molecule has 12 heavy (non-hydrogen) atoms. The van der Waals surface area contributed by atoms with Crippen molar-refractivity contribution in [1.29, 1.82) is 0 Å². The number of rotatable bonds is 0. The monoisotopic (exact) mass is 162 g/mol. The van der Waals surface area contributed by atoms with Gasteiger partial charge in [-0.05, 0) is 60.7 Å². The second-order valence-corrected chi connectivity index (χ2v) is 5.98. The first-order chi connectivity index (χ1) is 5.82. The Morgan fingerprint density at radius 2 is 1.25 bits per heavy atom. The molecule has 6 saturated carbocycles. The highest BCUT2D eigenvalue weighted by atomic mass is 16.3. The van der Waals surface area contributed by atoms with Gasteiger partial charge in [-0.25, -0.2) is 0 Å².